The summed E-state index contributed by atoms with van der Waals surface area (Å²) in [5.41, 5.74) is 0. The predicted molar refractivity (Wildman–Crippen MR) is 75.6 cm³/mol. The number of amides is 2. The van der Waals surface area contributed by atoms with E-state index in [9.17, 15) is 9.59 Å². The van der Waals surface area contributed by atoms with E-state index in [0.717, 1.165) is 13.0 Å². The highest BCUT2D eigenvalue weighted by atomic mass is 16.5. The van der Waals surface area contributed by atoms with Crippen molar-refractivity contribution in [3.63, 3.8) is 0 Å². The van der Waals surface area contributed by atoms with Gasteiger partial charge in [-0.15, -0.1) is 0 Å². The number of carbonyl (C=O) groups is 2. The number of nitrogens with zero attached hydrogens (tertiary/aromatic N) is 1. The Hall–Kier alpha value is -1.30. The van der Waals surface area contributed by atoms with Crippen LogP contribution in [0.3, 0.4) is 0 Å². The highest BCUT2D eigenvalue weighted by Gasteiger charge is 2.26. The number of rotatable bonds is 7. The number of aliphatic carboxylic acids is 1. The van der Waals surface area contributed by atoms with Crippen molar-refractivity contribution in [2.45, 2.75) is 33.1 Å². The monoisotopic (exact) mass is 286 g/mol. The topological polar surface area (TPSA) is 78.9 Å². The van der Waals surface area contributed by atoms with E-state index in [1.165, 1.54) is 0 Å². The summed E-state index contributed by atoms with van der Waals surface area (Å²) in [5.74, 6) is -0.532. The third-order valence-electron chi connectivity index (χ3n) is 3.32. The second kappa shape index (κ2) is 8.79. The number of likely N-dealkylation sites (tertiary alicyclic amines) is 1. The Morgan fingerprint density at radius 1 is 1.35 bits per heavy atom. The molecule has 2 N–H and O–H groups in total. The van der Waals surface area contributed by atoms with E-state index >= 15 is 0 Å². The molecule has 20 heavy (non-hydrogen) atoms. The van der Waals surface area contributed by atoms with Crippen LogP contribution in [0.5, 0.6) is 0 Å². The summed E-state index contributed by atoms with van der Waals surface area (Å²) in [7, 11) is 0. The van der Waals surface area contributed by atoms with E-state index in [4.69, 9.17) is 9.84 Å². The molecule has 0 spiro atoms. The van der Waals surface area contributed by atoms with Crippen LogP contribution in [-0.4, -0.2) is 54.9 Å². The molecule has 0 unspecified atom stereocenters. The lowest BCUT2D eigenvalue weighted by atomic mass is 9.97. The highest BCUT2D eigenvalue weighted by molar-refractivity contribution is 5.75. The van der Waals surface area contributed by atoms with Gasteiger partial charge in [0.15, 0.2) is 0 Å². The maximum atomic E-state index is 11.8. The number of hydrogen-bond donors (Lipinski definition) is 2. The summed E-state index contributed by atoms with van der Waals surface area (Å²) >= 11 is 0. The fourth-order valence-corrected chi connectivity index (χ4v) is 2.13. The molecule has 1 aliphatic rings. The van der Waals surface area contributed by atoms with Crippen LogP contribution in [0.4, 0.5) is 4.79 Å². The maximum Gasteiger partial charge on any atom is 0.317 e. The summed E-state index contributed by atoms with van der Waals surface area (Å²) in [5, 5.41) is 11.7. The predicted octanol–water partition coefficient (Wildman–Crippen LogP) is 1.56. The zero-order chi connectivity index (χ0) is 15.0. The van der Waals surface area contributed by atoms with Gasteiger partial charge >= 0.3 is 12.0 Å². The molecule has 0 saturated carbocycles. The summed E-state index contributed by atoms with van der Waals surface area (Å²) in [6.45, 7) is 7.23. The number of carboxylic acid groups (broad SMARTS) is 1. The van der Waals surface area contributed by atoms with Gasteiger partial charge in [-0.3, -0.25) is 4.79 Å². The van der Waals surface area contributed by atoms with Crippen molar-refractivity contribution in [2.75, 3.05) is 32.8 Å². The second-order valence-corrected chi connectivity index (χ2v) is 5.65. The van der Waals surface area contributed by atoms with Gasteiger partial charge in [-0.1, -0.05) is 13.8 Å². The largest absolute Gasteiger partial charge is 0.481 e. The minimum absolute atomic E-state index is 0.0994. The molecule has 0 bridgehead atoms. The average molecular weight is 286 g/mol. The summed E-state index contributed by atoms with van der Waals surface area (Å²) < 4.78 is 5.43. The molecule has 6 heteroatoms. The van der Waals surface area contributed by atoms with Crippen LogP contribution < -0.4 is 5.32 Å². The molecular formula is C14H26N2O4. The van der Waals surface area contributed by atoms with Gasteiger partial charge in [0, 0.05) is 32.8 Å². The van der Waals surface area contributed by atoms with Gasteiger partial charge in [0.1, 0.15) is 0 Å². The first-order chi connectivity index (χ1) is 9.50. The molecule has 1 rings (SSSR count). The molecule has 0 aromatic heterocycles. The fraction of sp³-hybridized carbons (Fsp3) is 0.857. The molecule has 116 valence electrons. The number of ether oxygens (including phenoxy) is 1. The Morgan fingerprint density at radius 2 is 2.00 bits per heavy atom. The Bertz CT molecular complexity index is 312. The van der Waals surface area contributed by atoms with Crippen molar-refractivity contribution in [3.05, 3.63) is 0 Å². The van der Waals surface area contributed by atoms with Gasteiger partial charge < -0.3 is 20.1 Å². The normalized spacial score (nSPS) is 16.4. The van der Waals surface area contributed by atoms with Crippen LogP contribution in [0, 0.1) is 11.8 Å². The van der Waals surface area contributed by atoms with E-state index in [1.807, 2.05) is 0 Å². The molecule has 1 fully saturated rings. The molecule has 0 radical (unpaired) electrons. The van der Waals surface area contributed by atoms with Crippen molar-refractivity contribution in [2.24, 2.45) is 11.8 Å². The molecule has 1 aliphatic heterocycles. The van der Waals surface area contributed by atoms with Gasteiger partial charge in [0.25, 0.3) is 0 Å². The zero-order valence-electron chi connectivity index (χ0n) is 12.4. The van der Waals surface area contributed by atoms with Crippen LogP contribution in [0.2, 0.25) is 0 Å². The van der Waals surface area contributed by atoms with Gasteiger partial charge in [-0.05, 0) is 25.2 Å². The second-order valence-electron chi connectivity index (χ2n) is 5.65. The van der Waals surface area contributed by atoms with Crippen molar-refractivity contribution in [3.8, 4) is 0 Å². The Kier molecular flexibility index (Phi) is 7.36. The average Bonchev–Trinajstić information content (AvgIpc) is 2.42. The third kappa shape index (κ3) is 6.23. The molecule has 0 atom stereocenters. The molecule has 1 saturated heterocycles. The lowest BCUT2D eigenvalue weighted by Gasteiger charge is -2.30. The van der Waals surface area contributed by atoms with E-state index in [2.05, 4.69) is 19.2 Å². The van der Waals surface area contributed by atoms with Crippen molar-refractivity contribution in [1.82, 2.24) is 10.2 Å². The summed E-state index contributed by atoms with van der Waals surface area (Å²) in [6, 6.07) is -0.0994. The van der Waals surface area contributed by atoms with Gasteiger partial charge in [-0.25, -0.2) is 4.79 Å². The lowest BCUT2D eigenvalue weighted by Crippen LogP contribution is -2.45. The SMILES string of the molecule is CC(C)COCCCNC(=O)N1CCC(C(=O)O)CC1. The molecule has 1 heterocycles. The van der Waals surface area contributed by atoms with Crippen LogP contribution in [-0.2, 0) is 9.53 Å². The van der Waals surface area contributed by atoms with E-state index in [0.29, 0.717) is 45.0 Å². The minimum Gasteiger partial charge on any atom is -0.481 e. The zero-order valence-corrected chi connectivity index (χ0v) is 12.4. The van der Waals surface area contributed by atoms with Crippen LogP contribution in [0.15, 0.2) is 0 Å². The Morgan fingerprint density at radius 3 is 2.55 bits per heavy atom. The molecule has 0 aromatic carbocycles. The number of urea groups is 1. The number of piperidine rings is 1. The molecule has 0 aliphatic carbocycles. The number of carboxylic acids is 1. The van der Waals surface area contributed by atoms with Crippen molar-refractivity contribution < 1.29 is 19.4 Å². The minimum atomic E-state index is -0.757. The van der Waals surface area contributed by atoms with Crippen LogP contribution in [0.25, 0.3) is 0 Å². The summed E-state index contributed by atoms with van der Waals surface area (Å²) in [6.07, 6.45) is 1.88. The molecular weight excluding hydrogens is 260 g/mol. The van der Waals surface area contributed by atoms with E-state index < -0.39 is 5.97 Å². The van der Waals surface area contributed by atoms with Crippen molar-refractivity contribution >= 4 is 12.0 Å². The quantitative estimate of drug-likeness (QED) is 0.696. The van der Waals surface area contributed by atoms with E-state index in [-0.39, 0.29) is 11.9 Å². The smallest absolute Gasteiger partial charge is 0.317 e. The van der Waals surface area contributed by atoms with E-state index in [1.54, 1.807) is 4.90 Å². The summed E-state index contributed by atoms with van der Waals surface area (Å²) in [4.78, 5) is 24.3. The fourth-order valence-electron chi connectivity index (χ4n) is 2.13. The molecule has 2 amide bonds. The molecule has 0 aromatic rings. The van der Waals surface area contributed by atoms with Gasteiger partial charge in [0.05, 0.1) is 5.92 Å². The first-order valence-corrected chi connectivity index (χ1v) is 7.34. The number of carbonyl (C=O) groups excluding carboxylic acids is 1. The highest BCUT2D eigenvalue weighted by Crippen LogP contribution is 2.17. The third-order valence-corrected chi connectivity index (χ3v) is 3.32. The Labute approximate surface area is 120 Å². The van der Waals surface area contributed by atoms with Crippen LogP contribution in [0.1, 0.15) is 33.1 Å². The maximum absolute atomic E-state index is 11.8. The lowest BCUT2D eigenvalue weighted by molar-refractivity contribution is -0.143. The first kappa shape index (κ1) is 16.8. The first-order valence-electron chi connectivity index (χ1n) is 7.34. The Balaban J connectivity index is 2.07. The standard InChI is InChI=1S/C14H26N2O4/c1-11(2)10-20-9-3-6-15-14(19)16-7-4-12(5-8-16)13(17)18/h11-12H,3-10H2,1-2H3,(H,15,19)(H,17,18). The van der Waals surface area contributed by atoms with Crippen molar-refractivity contribution in [1.29, 1.82) is 0 Å². The number of nitrogens with one attached hydrogen (secondary N) is 1. The number of hydrogen-bond acceptors (Lipinski definition) is 3. The van der Waals surface area contributed by atoms with Crippen LogP contribution >= 0.6 is 0 Å². The van der Waals surface area contributed by atoms with Gasteiger partial charge in [0.2, 0.25) is 0 Å². The molecule has 6 nitrogen and oxygen atoms in total. The van der Waals surface area contributed by atoms with Gasteiger partial charge in [-0.2, -0.15) is 0 Å².